The number of rotatable bonds is 11. The number of para-hydroxylation sites is 2. The Morgan fingerprint density at radius 1 is 1.11 bits per heavy atom. The van der Waals surface area contributed by atoms with Crippen LogP contribution in [-0.4, -0.2) is 47.6 Å². The number of aromatic amines is 1. The lowest BCUT2D eigenvalue weighted by atomic mass is 10.1. The van der Waals surface area contributed by atoms with E-state index in [1.165, 1.54) is 17.2 Å². The summed E-state index contributed by atoms with van der Waals surface area (Å²) in [5, 5.41) is 4.18. The third-order valence-corrected chi connectivity index (χ3v) is 6.31. The Kier molecular flexibility index (Phi) is 6.72. The second kappa shape index (κ2) is 10.2. The average Bonchev–Trinajstić information content (AvgIpc) is 3.40. The van der Waals surface area contributed by atoms with Gasteiger partial charge in [-0.3, -0.25) is 9.69 Å². The third kappa shape index (κ3) is 5.33. The summed E-state index contributed by atoms with van der Waals surface area (Å²) < 4.78 is 16.8. The SMILES string of the molecule is COc1cccc(CN(CCc2c[nH]c3ccccc23)Cc2nc(C(=O)NC3CC3)co2)c1OC. The van der Waals surface area contributed by atoms with Crippen molar-refractivity contribution >= 4 is 16.8 Å². The Labute approximate surface area is 204 Å². The summed E-state index contributed by atoms with van der Waals surface area (Å²) in [4.78, 5) is 22.4. The van der Waals surface area contributed by atoms with E-state index in [0.717, 1.165) is 36.9 Å². The van der Waals surface area contributed by atoms with Gasteiger partial charge in [0.1, 0.15) is 6.26 Å². The van der Waals surface area contributed by atoms with Crippen LogP contribution in [0, 0.1) is 0 Å². The predicted molar refractivity (Wildman–Crippen MR) is 133 cm³/mol. The Balaban J connectivity index is 1.35. The summed E-state index contributed by atoms with van der Waals surface area (Å²) in [7, 11) is 3.29. The quantitative estimate of drug-likeness (QED) is 0.337. The zero-order valence-electron chi connectivity index (χ0n) is 20.0. The lowest BCUT2D eigenvalue weighted by Crippen LogP contribution is -2.27. The van der Waals surface area contributed by atoms with Crippen molar-refractivity contribution in [3.63, 3.8) is 0 Å². The number of hydrogen-bond acceptors (Lipinski definition) is 6. The first-order chi connectivity index (χ1) is 17.1. The van der Waals surface area contributed by atoms with Crippen LogP contribution in [0.1, 0.15) is 40.3 Å². The zero-order valence-corrected chi connectivity index (χ0v) is 20.0. The molecule has 2 heterocycles. The number of amides is 1. The smallest absolute Gasteiger partial charge is 0.273 e. The molecule has 2 aromatic heterocycles. The molecular weight excluding hydrogens is 444 g/mol. The maximum Gasteiger partial charge on any atom is 0.273 e. The highest BCUT2D eigenvalue weighted by molar-refractivity contribution is 5.92. The molecule has 0 atom stereocenters. The van der Waals surface area contributed by atoms with Crippen molar-refractivity contribution in [3.05, 3.63) is 77.6 Å². The Morgan fingerprint density at radius 3 is 2.77 bits per heavy atom. The second-order valence-electron chi connectivity index (χ2n) is 8.85. The molecule has 0 aliphatic heterocycles. The summed E-state index contributed by atoms with van der Waals surface area (Å²) in [5.41, 5.74) is 3.70. The number of hydrogen-bond donors (Lipinski definition) is 2. The van der Waals surface area contributed by atoms with Crippen molar-refractivity contribution in [3.8, 4) is 11.5 Å². The molecule has 8 heteroatoms. The van der Waals surface area contributed by atoms with Gasteiger partial charge in [0.25, 0.3) is 5.91 Å². The van der Waals surface area contributed by atoms with E-state index in [1.54, 1.807) is 14.2 Å². The summed E-state index contributed by atoms with van der Waals surface area (Å²) in [6, 6.07) is 14.5. The first-order valence-electron chi connectivity index (χ1n) is 11.9. The van der Waals surface area contributed by atoms with E-state index in [-0.39, 0.29) is 11.9 Å². The first-order valence-corrected chi connectivity index (χ1v) is 11.9. The van der Waals surface area contributed by atoms with Crippen LogP contribution in [-0.2, 0) is 19.5 Å². The van der Waals surface area contributed by atoms with Crippen molar-refractivity contribution in [2.45, 2.75) is 38.4 Å². The van der Waals surface area contributed by atoms with Crippen LogP contribution < -0.4 is 14.8 Å². The number of aromatic nitrogens is 2. The van der Waals surface area contributed by atoms with Crippen molar-refractivity contribution in [1.29, 1.82) is 0 Å². The van der Waals surface area contributed by atoms with Gasteiger partial charge in [-0.25, -0.2) is 4.98 Å². The summed E-state index contributed by atoms with van der Waals surface area (Å²) in [6.07, 6.45) is 6.41. The van der Waals surface area contributed by atoms with Crippen LogP contribution >= 0.6 is 0 Å². The van der Waals surface area contributed by atoms with Gasteiger partial charge in [-0.05, 0) is 37.0 Å². The van der Waals surface area contributed by atoms with E-state index in [4.69, 9.17) is 13.9 Å². The number of H-pyrrole nitrogens is 1. The molecule has 5 rings (SSSR count). The third-order valence-electron chi connectivity index (χ3n) is 6.31. The van der Waals surface area contributed by atoms with Gasteiger partial charge in [-0.1, -0.05) is 30.3 Å². The van der Waals surface area contributed by atoms with Gasteiger partial charge in [0, 0.05) is 41.8 Å². The molecule has 8 nitrogen and oxygen atoms in total. The molecule has 35 heavy (non-hydrogen) atoms. The highest BCUT2D eigenvalue weighted by atomic mass is 16.5. The summed E-state index contributed by atoms with van der Waals surface area (Å²) in [5.74, 6) is 1.73. The highest BCUT2D eigenvalue weighted by Crippen LogP contribution is 2.32. The van der Waals surface area contributed by atoms with Gasteiger partial charge in [-0.15, -0.1) is 0 Å². The number of nitrogens with zero attached hydrogens (tertiary/aromatic N) is 2. The minimum absolute atomic E-state index is 0.178. The molecule has 1 aliphatic rings. The molecule has 2 aromatic carbocycles. The van der Waals surface area contributed by atoms with Gasteiger partial charge in [0.2, 0.25) is 5.89 Å². The largest absolute Gasteiger partial charge is 0.493 e. The molecule has 1 amide bonds. The van der Waals surface area contributed by atoms with E-state index >= 15 is 0 Å². The summed E-state index contributed by atoms with van der Waals surface area (Å²) in [6.45, 7) is 1.82. The number of methoxy groups -OCH3 is 2. The second-order valence-corrected chi connectivity index (χ2v) is 8.85. The van der Waals surface area contributed by atoms with Crippen molar-refractivity contribution in [2.24, 2.45) is 0 Å². The van der Waals surface area contributed by atoms with Crippen LogP contribution in [0.3, 0.4) is 0 Å². The molecule has 0 spiro atoms. The monoisotopic (exact) mass is 474 g/mol. The predicted octanol–water partition coefficient (Wildman–Crippen LogP) is 4.31. The maximum atomic E-state index is 12.4. The fraction of sp³-hybridized carbons (Fsp3) is 0.333. The maximum absolute atomic E-state index is 12.4. The lowest BCUT2D eigenvalue weighted by molar-refractivity contribution is 0.0946. The lowest BCUT2D eigenvalue weighted by Gasteiger charge is -2.22. The van der Waals surface area contributed by atoms with Gasteiger partial charge in [0.15, 0.2) is 17.2 Å². The van der Waals surface area contributed by atoms with Crippen LogP contribution in [0.15, 0.2) is 59.3 Å². The topological polar surface area (TPSA) is 92.6 Å². The number of benzene rings is 2. The fourth-order valence-corrected chi connectivity index (χ4v) is 4.32. The number of oxazole rings is 1. The highest BCUT2D eigenvalue weighted by Gasteiger charge is 2.25. The van der Waals surface area contributed by atoms with E-state index in [1.807, 2.05) is 24.3 Å². The summed E-state index contributed by atoms with van der Waals surface area (Å²) >= 11 is 0. The average molecular weight is 475 g/mol. The number of carbonyl (C=O) groups excluding carboxylic acids is 1. The minimum atomic E-state index is -0.178. The van der Waals surface area contributed by atoms with E-state index in [0.29, 0.717) is 36.2 Å². The first kappa shape index (κ1) is 23.0. The number of ether oxygens (including phenoxy) is 2. The molecule has 182 valence electrons. The molecule has 0 unspecified atom stereocenters. The van der Waals surface area contributed by atoms with E-state index in [9.17, 15) is 4.79 Å². The Hall–Kier alpha value is -3.78. The minimum Gasteiger partial charge on any atom is -0.493 e. The zero-order chi connectivity index (χ0) is 24.2. The van der Waals surface area contributed by atoms with Gasteiger partial charge >= 0.3 is 0 Å². The molecule has 1 fully saturated rings. The molecule has 4 aromatic rings. The fourth-order valence-electron chi connectivity index (χ4n) is 4.32. The number of carbonyl (C=O) groups is 1. The normalized spacial score (nSPS) is 13.3. The van der Waals surface area contributed by atoms with Crippen molar-refractivity contribution < 1.29 is 18.7 Å². The van der Waals surface area contributed by atoms with Crippen LogP contribution in [0.5, 0.6) is 11.5 Å². The number of fused-ring (bicyclic) bond motifs is 1. The molecule has 0 bridgehead atoms. The molecule has 1 aliphatic carbocycles. The molecule has 0 radical (unpaired) electrons. The van der Waals surface area contributed by atoms with Gasteiger partial charge in [-0.2, -0.15) is 0 Å². The van der Waals surface area contributed by atoms with Gasteiger partial charge in [0.05, 0.1) is 20.8 Å². The molecular formula is C27H30N4O4. The molecule has 1 saturated carbocycles. The van der Waals surface area contributed by atoms with Crippen molar-refractivity contribution in [2.75, 3.05) is 20.8 Å². The van der Waals surface area contributed by atoms with Gasteiger partial charge < -0.3 is 24.2 Å². The molecule has 0 saturated heterocycles. The van der Waals surface area contributed by atoms with E-state index in [2.05, 4.69) is 44.6 Å². The van der Waals surface area contributed by atoms with Crippen molar-refractivity contribution in [1.82, 2.24) is 20.2 Å². The Morgan fingerprint density at radius 2 is 1.97 bits per heavy atom. The van der Waals surface area contributed by atoms with Crippen LogP contribution in [0.2, 0.25) is 0 Å². The standard InChI is InChI=1S/C27H30N4O4/c1-33-24-9-5-6-19(26(24)34-2)15-31(13-12-18-14-28-22-8-4-3-7-21(18)22)16-25-30-23(17-35-25)27(32)29-20-10-11-20/h3-9,14,17,20,28H,10-13,15-16H2,1-2H3,(H,29,32). The number of nitrogens with one attached hydrogen (secondary N) is 2. The van der Waals surface area contributed by atoms with Crippen LogP contribution in [0.25, 0.3) is 10.9 Å². The van der Waals surface area contributed by atoms with E-state index < -0.39 is 0 Å². The molecule has 2 N–H and O–H groups in total. The Bertz CT molecular complexity index is 1310. The van der Waals surface area contributed by atoms with Crippen LogP contribution in [0.4, 0.5) is 0 Å².